The number of aromatic nitrogens is 1. The Bertz CT molecular complexity index is 369. The van der Waals surface area contributed by atoms with Crippen LogP contribution in [0.2, 0.25) is 5.02 Å². The molecule has 3 atom stereocenters. The molecule has 1 nitrogen and oxygen atoms in total. The summed E-state index contributed by atoms with van der Waals surface area (Å²) in [5.74, 6) is 1.61. The minimum absolute atomic E-state index is 0.648. The molecule has 0 bridgehead atoms. The summed E-state index contributed by atoms with van der Waals surface area (Å²) < 4.78 is 0. The highest BCUT2D eigenvalue weighted by atomic mass is 79.9. The Morgan fingerprint density at radius 2 is 2.29 bits per heavy atom. The first kappa shape index (κ1) is 13.4. The molecule has 1 aromatic heterocycles. The molecule has 3 unspecified atom stereocenters. The molecular formula is C14H19BrClN. The van der Waals surface area contributed by atoms with Gasteiger partial charge in [-0.3, -0.25) is 4.98 Å². The van der Waals surface area contributed by atoms with E-state index in [1.54, 1.807) is 6.20 Å². The first-order valence-electron chi connectivity index (χ1n) is 6.43. The lowest BCUT2D eigenvalue weighted by Gasteiger charge is -2.33. The van der Waals surface area contributed by atoms with Crippen LogP contribution in [0.1, 0.15) is 38.2 Å². The van der Waals surface area contributed by atoms with Crippen LogP contribution in [0, 0.1) is 11.8 Å². The van der Waals surface area contributed by atoms with Crippen molar-refractivity contribution in [3.8, 4) is 0 Å². The summed E-state index contributed by atoms with van der Waals surface area (Å²) in [5.41, 5.74) is 1.24. The van der Waals surface area contributed by atoms with Crippen LogP contribution in [-0.4, -0.2) is 9.81 Å². The SMILES string of the molecule is CCC1CCC(Br)C(Cc2ccncc2Cl)C1. The zero-order valence-electron chi connectivity index (χ0n) is 10.2. The molecule has 1 fully saturated rings. The van der Waals surface area contributed by atoms with Crippen LogP contribution >= 0.6 is 27.5 Å². The van der Waals surface area contributed by atoms with Crippen molar-refractivity contribution >= 4 is 27.5 Å². The topological polar surface area (TPSA) is 12.9 Å². The van der Waals surface area contributed by atoms with Gasteiger partial charge in [0.05, 0.1) is 5.02 Å². The molecule has 1 aromatic rings. The molecule has 0 aliphatic heterocycles. The van der Waals surface area contributed by atoms with Gasteiger partial charge in [0.15, 0.2) is 0 Å². The van der Waals surface area contributed by atoms with Crippen molar-refractivity contribution < 1.29 is 0 Å². The normalized spacial score (nSPS) is 29.2. The summed E-state index contributed by atoms with van der Waals surface area (Å²) >= 11 is 10.0. The lowest BCUT2D eigenvalue weighted by atomic mass is 9.77. The lowest BCUT2D eigenvalue weighted by Crippen LogP contribution is -2.26. The van der Waals surface area contributed by atoms with Crippen molar-refractivity contribution in [3.05, 3.63) is 29.0 Å². The maximum atomic E-state index is 6.18. The summed E-state index contributed by atoms with van der Waals surface area (Å²) in [6, 6.07) is 2.05. The fourth-order valence-electron chi connectivity index (χ4n) is 2.76. The van der Waals surface area contributed by atoms with Crippen LogP contribution in [0.5, 0.6) is 0 Å². The van der Waals surface area contributed by atoms with Gasteiger partial charge in [-0.15, -0.1) is 0 Å². The van der Waals surface area contributed by atoms with E-state index in [-0.39, 0.29) is 0 Å². The van der Waals surface area contributed by atoms with Gasteiger partial charge in [-0.05, 0) is 49.1 Å². The number of nitrogens with zero attached hydrogens (tertiary/aromatic N) is 1. The molecule has 1 aliphatic rings. The van der Waals surface area contributed by atoms with Gasteiger partial charge in [0.25, 0.3) is 0 Å². The number of hydrogen-bond donors (Lipinski definition) is 0. The van der Waals surface area contributed by atoms with Crippen molar-refractivity contribution in [1.29, 1.82) is 0 Å². The molecule has 0 spiro atoms. The van der Waals surface area contributed by atoms with Gasteiger partial charge in [-0.25, -0.2) is 0 Å². The van der Waals surface area contributed by atoms with Crippen LogP contribution in [0.3, 0.4) is 0 Å². The predicted octanol–water partition coefficient (Wildman–Crippen LogP) is 4.87. The third-order valence-electron chi connectivity index (χ3n) is 3.91. The second-order valence-electron chi connectivity index (χ2n) is 5.03. The van der Waals surface area contributed by atoms with Crippen molar-refractivity contribution in [3.63, 3.8) is 0 Å². The van der Waals surface area contributed by atoms with Crippen LogP contribution in [0.15, 0.2) is 18.5 Å². The van der Waals surface area contributed by atoms with Gasteiger partial charge in [0, 0.05) is 17.2 Å². The minimum Gasteiger partial charge on any atom is -0.263 e. The Hall–Kier alpha value is -0.0800. The number of halogens is 2. The second kappa shape index (κ2) is 6.19. The maximum Gasteiger partial charge on any atom is 0.0621 e. The highest BCUT2D eigenvalue weighted by Gasteiger charge is 2.28. The van der Waals surface area contributed by atoms with E-state index in [0.29, 0.717) is 10.7 Å². The molecule has 1 heterocycles. The average molecular weight is 317 g/mol. The number of hydrogen-bond acceptors (Lipinski definition) is 1. The Morgan fingerprint density at radius 3 is 3.00 bits per heavy atom. The quantitative estimate of drug-likeness (QED) is 0.725. The van der Waals surface area contributed by atoms with E-state index in [9.17, 15) is 0 Å². The van der Waals surface area contributed by atoms with Gasteiger partial charge in [0.1, 0.15) is 0 Å². The predicted molar refractivity (Wildman–Crippen MR) is 76.8 cm³/mol. The molecular weight excluding hydrogens is 298 g/mol. The molecule has 0 radical (unpaired) electrons. The molecule has 0 saturated heterocycles. The van der Waals surface area contributed by atoms with E-state index in [0.717, 1.165) is 17.4 Å². The summed E-state index contributed by atoms with van der Waals surface area (Å²) in [5, 5.41) is 0.811. The number of rotatable bonds is 3. The molecule has 2 rings (SSSR count). The number of alkyl halides is 1. The minimum atomic E-state index is 0.648. The van der Waals surface area contributed by atoms with Crippen molar-refractivity contribution in [1.82, 2.24) is 4.98 Å². The monoisotopic (exact) mass is 315 g/mol. The van der Waals surface area contributed by atoms with E-state index < -0.39 is 0 Å². The zero-order chi connectivity index (χ0) is 12.3. The Morgan fingerprint density at radius 1 is 1.47 bits per heavy atom. The van der Waals surface area contributed by atoms with Crippen LogP contribution in [0.25, 0.3) is 0 Å². The highest BCUT2D eigenvalue weighted by molar-refractivity contribution is 9.09. The van der Waals surface area contributed by atoms with E-state index in [4.69, 9.17) is 11.6 Å². The van der Waals surface area contributed by atoms with E-state index in [1.807, 2.05) is 6.20 Å². The first-order valence-corrected chi connectivity index (χ1v) is 7.72. The fourth-order valence-corrected chi connectivity index (χ4v) is 3.62. The van der Waals surface area contributed by atoms with E-state index in [1.165, 1.54) is 31.2 Å². The summed E-state index contributed by atoms with van der Waals surface area (Å²) in [4.78, 5) is 4.69. The lowest BCUT2D eigenvalue weighted by molar-refractivity contribution is 0.271. The molecule has 0 N–H and O–H groups in total. The van der Waals surface area contributed by atoms with Crippen molar-refractivity contribution in [2.75, 3.05) is 0 Å². The highest BCUT2D eigenvalue weighted by Crippen LogP contribution is 2.37. The van der Waals surface area contributed by atoms with E-state index >= 15 is 0 Å². The largest absolute Gasteiger partial charge is 0.263 e. The first-order chi connectivity index (χ1) is 8.20. The molecule has 3 heteroatoms. The maximum absolute atomic E-state index is 6.18. The molecule has 0 amide bonds. The van der Waals surface area contributed by atoms with Crippen LogP contribution < -0.4 is 0 Å². The van der Waals surface area contributed by atoms with E-state index in [2.05, 4.69) is 33.9 Å². The molecule has 17 heavy (non-hydrogen) atoms. The van der Waals surface area contributed by atoms with Gasteiger partial charge >= 0.3 is 0 Å². The average Bonchev–Trinajstić information content (AvgIpc) is 2.35. The van der Waals surface area contributed by atoms with Gasteiger partial charge in [-0.1, -0.05) is 40.9 Å². The molecule has 1 aliphatic carbocycles. The summed E-state index contributed by atoms with van der Waals surface area (Å²) in [6.45, 7) is 2.30. The zero-order valence-corrected chi connectivity index (χ0v) is 12.5. The summed E-state index contributed by atoms with van der Waals surface area (Å²) in [7, 11) is 0. The summed E-state index contributed by atoms with van der Waals surface area (Å²) in [6.07, 6.45) is 9.96. The van der Waals surface area contributed by atoms with Crippen molar-refractivity contribution in [2.24, 2.45) is 11.8 Å². The third-order valence-corrected chi connectivity index (χ3v) is 5.46. The van der Waals surface area contributed by atoms with Crippen molar-refractivity contribution in [2.45, 2.75) is 43.9 Å². The molecule has 94 valence electrons. The molecule has 1 saturated carbocycles. The second-order valence-corrected chi connectivity index (χ2v) is 6.62. The Labute approximate surface area is 117 Å². The fraction of sp³-hybridized carbons (Fsp3) is 0.643. The van der Waals surface area contributed by atoms with Crippen LogP contribution in [-0.2, 0) is 6.42 Å². The van der Waals surface area contributed by atoms with Crippen LogP contribution in [0.4, 0.5) is 0 Å². The Kier molecular flexibility index (Phi) is 4.87. The van der Waals surface area contributed by atoms with Gasteiger partial charge < -0.3 is 0 Å². The third kappa shape index (κ3) is 3.45. The molecule has 0 aromatic carbocycles. The standard InChI is InChI=1S/C14H19BrClN/c1-2-10-3-4-13(15)12(7-10)8-11-5-6-17-9-14(11)16/h5-6,9-10,12-13H,2-4,7-8H2,1H3. The van der Waals surface area contributed by atoms with Gasteiger partial charge in [0.2, 0.25) is 0 Å². The number of pyridine rings is 1. The smallest absolute Gasteiger partial charge is 0.0621 e. The Balaban J connectivity index is 2.04. The van der Waals surface area contributed by atoms with Gasteiger partial charge in [-0.2, -0.15) is 0 Å².